The molecule has 0 atom stereocenters. The number of anilines is 1. The molecule has 0 aliphatic heterocycles. The number of pyridine rings is 1. The minimum atomic E-state index is -4.87. The van der Waals surface area contributed by atoms with E-state index in [2.05, 4.69) is 20.5 Å². The lowest BCUT2D eigenvalue weighted by molar-refractivity contribution is -0.137. The zero-order valence-corrected chi connectivity index (χ0v) is 18.8. The van der Waals surface area contributed by atoms with Gasteiger partial charge in [0.15, 0.2) is 5.82 Å². The SMILES string of the molecule is O=C(Nc1cnc(-n2nccn2)c(Cl)c1)c1cc(C(F)(F)F)c(-c2ccc(F)cc2Cl)cc1Cl. The Morgan fingerprint density at radius 3 is 2.24 bits per heavy atom. The predicted molar refractivity (Wildman–Crippen MR) is 119 cm³/mol. The van der Waals surface area contributed by atoms with Crippen molar-refractivity contribution in [3.63, 3.8) is 0 Å². The maximum absolute atomic E-state index is 13.8. The molecule has 6 nitrogen and oxygen atoms in total. The van der Waals surface area contributed by atoms with Crippen LogP contribution >= 0.6 is 34.8 Å². The molecule has 0 aliphatic carbocycles. The van der Waals surface area contributed by atoms with E-state index >= 15 is 0 Å². The summed E-state index contributed by atoms with van der Waals surface area (Å²) in [5, 5.41) is 9.74. The number of hydrogen-bond donors (Lipinski definition) is 1. The summed E-state index contributed by atoms with van der Waals surface area (Å²) in [6, 6.07) is 5.83. The third-order valence-corrected chi connectivity index (χ3v) is 5.47. The average molecular weight is 531 g/mol. The summed E-state index contributed by atoms with van der Waals surface area (Å²) in [6.45, 7) is 0. The monoisotopic (exact) mass is 529 g/mol. The van der Waals surface area contributed by atoms with Crippen molar-refractivity contribution in [1.29, 1.82) is 0 Å². The summed E-state index contributed by atoms with van der Waals surface area (Å²) in [7, 11) is 0. The number of carbonyl (C=O) groups excluding carboxylic acids is 1. The zero-order valence-electron chi connectivity index (χ0n) is 16.5. The van der Waals surface area contributed by atoms with Crippen LogP contribution in [-0.4, -0.2) is 25.9 Å². The quantitative estimate of drug-likeness (QED) is 0.298. The Bertz CT molecular complexity index is 1390. The second-order valence-electron chi connectivity index (χ2n) is 6.80. The molecule has 2 heterocycles. The fraction of sp³-hybridized carbons (Fsp3) is 0.0476. The molecule has 0 saturated carbocycles. The zero-order chi connectivity index (χ0) is 24.6. The van der Waals surface area contributed by atoms with Crippen molar-refractivity contribution in [1.82, 2.24) is 20.0 Å². The Morgan fingerprint density at radius 2 is 1.62 bits per heavy atom. The van der Waals surface area contributed by atoms with E-state index in [-0.39, 0.29) is 32.1 Å². The van der Waals surface area contributed by atoms with Gasteiger partial charge in [-0.2, -0.15) is 23.4 Å². The van der Waals surface area contributed by atoms with Gasteiger partial charge in [-0.15, -0.1) is 4.80 Å². The van der Waals surface area contributed by atoms with Crippen molar-refractivity contribution < 1.29 is 22.4 Å². The molecular weight excluding hydrogens is 521 g/mol. The van der Waals surface area contributed by atoms with E-state index < -0.39 is 34.6 Å². The summed E-state index contributed by atoms with van der Waals surface area (Å²) in [5.74, 6) is -1.47. The first-order valence-electron chi connectivity index (χ1n) is 9.24. The molecule has 0 aliphatic rings. The van der Waals surface area contributed by atoms with Crippen LogP contribution in [-0.2, 0) is 6.18 Å². The summed E-state index contributed by atoms with van der Waals surface area (Å²) in [6.07, 6.45) is -0.808. The molecule has 174 valence electrons. The molecule has 0 fully saturated rings. The van der Waals surface area contributed by atoms with Gasteiger partial charge in [0.05, 0.1) is 50.5 Å². The van der Waals surface area contributed by atoms with Crippen LogP contribution in [0.2, 0.25) is 15.1 Å². The number of alkyl halides is 3. The highest BCUT2D eigenvalue weighted by molar-refractivity contribution is 6.36. The standard InChI is InChI=1S/C21H10Cl3F4N5O/c22-16-5-10(25)1-2-12(16)13-8-17(23)14(7-15(13)21(26,27)28)20(34)32-11-6-18(24)19(29-9-11)33-30-3-4-31-33/h1-9H,(H,32,34). The first kappa shape index (κ1) is 23.9. The fourth-order valence-electron chi connectivity index (χ4n) is 3.08. The van der Waals surface area contributed by atoms with E-state index in [4.69, 9.17) is 34.8 Å². The lowest BCUT2D eigenvalue weighted by Gasteiger charge is -2.17. The first-order valence-corrected chi connectivity index (χ1v) is 10.4. The Kier molecular flexibility index (Phi) is 6.48. The molecule has 4 aromatic rings. The van der Waals surface area contributed by atoms with Crippen LogP contribution in [0.5, 0.6) is 0 Å². The maximum atomic E-state index is 13.8. The molecule has 0 bridgehead atoms. The first-order chi connectivity index (χ1) is 16.0. The van der Waals surface area contributed by atoms with Gasteiger partial charge in [-0.05, 0) is 42.0 Å². The van der Waals surface area contributed by atoms with Crippen molar-refractivity contribution in [3.8, 4) is 16.9 Å². The topological polar surface area (TPSA) is 72.7 Å². The van der Waals surface area contributed by atoms with Gasteiger partial charge < -0.3 is 5.32 Å². The third kappa shape index (κ3) is 4.84. The molecule has 13 heteroatoms. The molecule has 2 aromatic carbocycles. The summed E-state index contributed by atoms with van der Waals surface area (Å²) in [4.78, 5) is 18.0. The maximum Gasteiger partial charge on any atom is 0.417 e. The molecule has 0 saturated heterocycles. The Balaban J connectivity index is 1.70. The number of nitrogens with zero attached hydrogens (tertiary/aromatic N) is 4. The van der Waals surface area contributed by atoms with Gasteiger partial charge in [-0.25, -0.2) is 9.37 Å². The number of halogens is 7. The Labute approximate surface area is 204 Å². The minimum absolute atomic E-state index is 0.0809. The number of aromatic nitrogens is 4. The molecule has 1 amide bonds. The number of nitrogens with one attached hydrogen (secondary N) is 1. The van der Waals surface area contributed by atoms with Crippen molar-refractivity contribution in [3.05, 3.63) is 87.0 Å². The molecule has 0 radical (unpaired) electrons. The van der Waals surface area contributed by atoms with Crippen LogP contribution in [0.25, 0.3) is 16.9 Å². The fourth-order valence-corrected chi connectivity index (χ4v) is 3.84. The van der Waals surface area contributed by atoms with Crippen LogP contribution in [0, 0.1) is 5.82 Å². The van der Waals surface area contributed by atoms with Crippen molar-refractivity contribution >= 4 is 46.4 Å². The second-order valence-corrected chi connectivity index (χ2v) is 8.02. The summed E-state index contributed by atoms with van der Waals surface area (Å²) in [5.41, 5.74) is -2.03. The molecule has 1 N–H and O–H groups in total. The van der Waals surface area contributed by atoms with Gasteiger partial charge in [0.1, 0.15) is 5.82 Å². The van der Waals surface area contributed by atoms with E-state index in [0.29, 0.717) is 6.07 Å². The molecule has 0 unspecified atom stereocenters. The van der Waals surface area contributed by atoms with E-state index in [1.54, 1.807) is 0 Å². The molecule has 0 spiro atoms. The summed E-state index contributed by atoms with van der Waals surface area (Å²) < 4.78 is 54.9. The highest BCUT2D eigenvalue weighted by Gasteiger charge is 2.36. The number of carbonyl (C=O) groups is 1. The second kappa shape index (κ2) is 9.21. The van der Waals surface area contributed by atoms with Gasteiger partial charge in [0, 0.05) is 5.56 Å². The van der Waals surface area contributed by atoms with Crippen LogP contribution < -0.4 is 5.32 Å². The molecule has 34 heavy (non-hydrogen) atoms. The van der Waals surface area contributed by atoms with Crippen LogP contribution in [0.3, 0.4) is 0 Å². The van der Waals surface area contributed by atoms with Crippen LogP contribution in [0.1, 0.15) is 15.9 Å². The average Bonchev–Trinajstić information content (AvgIpc) is 3.27. The molecular formula is C21H10Cl3F4N5O. The van der Waals surface area contributed by atoms with E-state index in [9.17, 15) is 22.4 Å². The lowest BCUT2D eigenvalue weighted by atomic mass is 9.96. The Hall–Kier alpha value is -3.21. The van der Waals surface area contributed by atoms with E-state index in [0.717, 1.165) is 29.1 Å². The molecule has 2 aromatic heterocycles. The lowest BCUT2D eigenvalue weighted by Crippen LogP contribution is -2.16. The van der Waals surface area contributed by atoms with Gasteiger partial charge in [-0.1, -0.05) is 34.8 Å². The van der Waals surface area contributed by atoms with Gasteiger partial charge in [0.25, 0.3) is 5.91 Å². The number of hydrogen-bond acceptors (Lipinski definition) is 4. The van der Waals surface area contributed by atoms with E-state index in [1.165, 1.54) is 24.7 Å². The highest BCUT2D eigenvalue weighted by Crippen LogP contribution is 2.42. The highest BCUT2D eigenvalue weighted by atomic mass is 35.5. The van der Waals surface area contributed by atoms with Gasteiger partial charge in [-0.3, -0.25) is 4.79 Å². The van der Waals surface area contributed by atoms with Crippen molar-refractivity contribution in [2.24, 2.45) is 0 Å². The third-order valence-electron chi connectivity index (χ3n) is 4.57. The van der Waals surface area contributed by atoms with E-state index in [1.807, 2.05) is 0 Å². The van der Waals surface area contributed by atoms with Crippen molar-refractivity contribution in [2.45, 2.75) is 6.18 Å². The van der Waals surface area contributed by atoms with Gasteiger partial charge in [0.2, 0.25) is 0 Å². The molecule has 4 rings (SSSR count). The predicted octanol–water partition coefficient (Wildman–Crippen LogP) is 6.70. The Morgan fingerprint density at radius 1 is 0.912 bits per heavy atom. The van der Waals surface area contributed by atoms with Gasteiger partial charge >= 0.3 is 6.18 Å². The van der Waals surface area contributed by atoms with Crippen LogP contribution in [0.4, 0.5) is 23.2 Å². The smallest absolute Gasteiger partial charge is 0.320 e. The number of amides is 1. The largest absolute Gasteiger partial charge is 0.417 e. The minimum Gasteiger partial charge on any atom is -0.320 e. The number of rotatable bonds is 4. The number of benzene rings is 2. The van der Waals surface area contributed by atoms with Crippen molar-refractivity contribution in [2.75, 3.05) is 5.32 Å². The normalized spacial score (nSPS) is 11.5. The van der Waals surface area contributed by atoms with Crippen LogP contribution in [0.15, 0.2) is 55.0 Å². The summed E-state index contributed by atoms with van der Waals surface area (Å²) >= 11 is 18.3.